The summed E-state index contributed by atoms with van der Waals surface area (Å²) in [5.74, 6) is 0.0284. The number of nitrogens with zero attached hydrogens (tertiary/aromatic N) is 4. The van der Waals surface area contributed by atoms with Crippen molar-refractivity contribution in [3.8, 4) is 6.07 Å². The van der Waals surface area contributed by atoms with Crippen molar-refractivity contribution >= 4 is 11.6 Å². The molecule has 2 aromatic rings. The third-order valence-electron chi connectivity index (χ3n) is 5.77. The van der Waals surface area contributed by atoms with Gasteiger partial charge in [-0.3, -0.25) is 9.48 Å². The average molecular weight is 379 g/mol. The van der Waals surface area contributed by atoms with Crippen LogP contribution in [0.3, 0.4) is 0 Å². The Morgan fingerprint density at radius 2 is 2.14 bits per heavy atom. The van der Waals surface area contributed by atoms with Crippen molar-refractivity contribution in [2.75, 3.05) is 18.0 Å². The van der Waals surface area contributed by atoms with Crippen LogP contribution in [-0.4, -0.2) is 46.0 Å². The lowest BCUT2D eigenvalue weighted by Gasteiger charge is -2.20. The number of aliphatic hydroxyl groups excluding tert-OH is 1. The number of aliphatic hydroxyl groups is 1. The van der Waals surface area contributed by atoms with E-state index in [1.165, 1.54) is 0 Å². The second-order valence-corrected chi connectivity index (χ2v) is 7.75. The standard InChI is InChI=1S/C21H25N5O2/c22-13-17-12-16(4-5-19(17)25-7-1-2-8-25)21(28)24-18-10-15(11-20(18)27)14-26-9-3-6-23-26/h3-6,9,12,15,18,20,27H,1-2,7-8,10-11,14H2,(H,24,28)/t15?,18-,20-/m1/s1. The second-order valence-electron chi connectivity index (χ2n) is 7.75. The Bertz CT molecular complexity index is 867. The highest BCUT2D eigenvalue weighted by Gasteiger charge is 2.34. The van der Waals surface area contributed by atoms with E-state index < -0.39 is 6.10 Å². The molecule has 0 spiro atoms. The lowest BCUT2D eigenvalue weighted by Crippen LogP contribution is -2.40. The minimum Gasteiger partial charge on any atom is -0.391 e. The van der Waals surface area contributed by atoms with Crippen LogP contribution in [-0.2, 0) is 6.54 Å². The normalized spacial score (nSPS) is 24.3. The fourth-order valence-electron chi connectivity index (χ4n) is 4.35. The van der Waals surface area contributed by atoms with Crippen LogP contribution in [0.5, 0.6) is 0 Å². The summed E-state index contributed by atoms with van der Waals surface area (Å²) < 4.78 is 1.86. The Balaban J connectivity index is 1.41. The van der Waals surface area contributed by atoms with Crippen molar-refractivity contribution in [3.05, 3.63) is 47.8 Å². The van der Waals surface area contributed by atoms with Crippen molar-refractivity contribution in [3.63, 3.8) is 0 Å². The SMILES string of the molecule is N#Cc1cc(C(=O)N[C@@H]2CC(Cn3cccn3)C[C@H]2O)ccc1N1CCCC1. The van der Waals surface area contributed by atoms with Crippen LogP contribution < -0.4 is 10.2 Å². The number of anilines is 1. The predicted molar refractivity (Wildman–Crippen MR) is 105 cm³/mol. The van der Waals surface area contributed by atoms with Crippen LogP contribution in [0.2, 0.25) is 0 Å². The van der Waals surface area contributed by atoms with Gasteiger partial charge in [0.25, 0.3) is 5.91 Å². The number of hydrogen-bond acceptors (Lipinski definition) is 5. The molecule has 7 nitrogen and oxygen atoms in total. The van der Waals surface area contributed by atoms with Crippen LogP contribution in [0.1, 0.15) is 41.6 Å². The van der Waals surface area contributed by atoms with Crippen molar-refractivity contribution in [2.24, 2.45) is 5.92 Å². The van der Waals surface area contributed by atoms with Gasteiger partial charge in [-0.25, -0.2) is 0 Å². The van der Waals surface area contributed by atoms with E-state index in [2.05, 4.69) is 21.4 Å². The van der Waals surface area contributed by atoms with Gasteiger partial charge in [-0.2, -0.15) is 10.4 Å². The Morgan fingerprint density at radius 3 is 2.86 bits per heavy atom. The number of benzene rings is 1. The molecule has 1 saturated carbocycles. The number of carbonyl (C=O) groups is 1. The van der Waals surface area contributed by atoms with E-state index in [0.717, 1.165) is 38.2 Å². The maximum Gasteiger partial charge on any atom is 0.251 e. The summed E-state index contributed by atoms with van der Waals surface area (Å²) in [6, 6.07) is 9.11. The van der Waals surface area contributed by atoms with E-state index in [9.17, 15) is 15.2 Å². The molecule has 7 heteroatoms. The number of nitrogens with one attached hydrogen (secondary N) is 1. The third-order valence-corrected chi connectivity index (χ3v) is 5.77. The smallest absolute Gasteiger partial charge is 0.251 e. The maximum absolute atomic E-state index is 12.7. The van der Waals surface area contributed by atoms with Gasteiger partial charge in [0.2, 0.25) is 0 Å². The average Bonchev–Trinajstić information content (AvgIpc) is 3.45. The zero-order valence-corrected chi connectivity index (χ0v) is 15.8. The molecule has 0 bridgehead atoms. The summed E-state index contributed by atoms with van der Waals surface area (Å²) in [4.78, 5) is 14.9. The van der Waals surface area contributed by atoms with Crippen molar-refractivity contribution in [2.45, 2.75) is 44.4 Å². The molecule has 1 saturated heterocycles. The summed E-state index contributed by atoms with van der Waals surface area (Å²) in [7, 11) is 0. The fourth-order valence-corrected chi connectivity index (χ4v) is 4.35. The van der Waals surface area contributed by atoms with Crippen LogP contribution in [0.15, 0.2) is 36.7 Å². The molecule has 3 atom stereocenters. The Kier molecular flexibility index (Phi) is 5.31. The van der Waals surface area contributed by atoms with Gasteiger partial charge in [0.15, 0.2) is 0 Å². The third kappa shape index (κ3) is 3.87. The van der Waals surface area contributed by atoms with E-state index in [1.54, 1.807) is 18.3 Å². The highest BCUT2D eigenvalue weighted by molar-refractivity contribution is 5.95. The largest absolute Gasteiger partial charge is 0.391 e. The Hall–Kier alpha value is -2.85. The molecule has 1 aromatic carbocycles. The summed E-state index contributed by atoms with van der Waals surface area (Å²) in [5.41, 5.74) is 1.89. The first-order chi connectivity index (χ1) is 13.6. The minimum absolute atomic E-state index is 0.242. The Labute approximate surface area is 164 Å². The van der Waals surface area contributed by atoms with E-state index in [4.69, 9.17) is 0 Å². The van der Waals surface area contributed by atoms with Crippen molar-refractivity contribution in [1.29, 1.82) is 5.26 Å². The van der Waals surface area contributed by atoms with Gasteiger partial charge in [0.1, 0.15) is 6.07 Å². The number of amides is 1. The number of aromatic nitrogens is 2. The topological polar surface area (TPSA) is 94.2 Å². The van der Waals surface area contributed by atoms with Gasteiger partial charge >= 0.3 is 0 Å². The van der Waals surface area contributed by atoms with Gasteiger partial charge in [0, 0.05) is 37.6 Å². The van der Waals surface area contributed by atoms with Gasteiger partial charge in [0.05, 0.1) is 23.4 Å². The molecule has 1 aromatic heterocycles. The molecule has 2 heterocycles. The molecule has 1 aliphatic carbocycles. The van der Waals surface area contributed by atoms with Crippen LogP contribution in [0, 0.1) is 17.2 Å². The summed E-state index contributed by atoms with van der Waals surface area (Å²) in [6.07, 6.45) is 6.70. The van der Waals surface area contributed by atoms with E-state index in [0.29, 0.717) is 24.0 Å². The van der Waals surface area contributed by atoms with Crippen molar-refractivity contribution < 1.29 is 9.90 Å². The molecular weight excluding hydrogens is 354 g/mol. The second kappa shape index (κ2) is 8.03. The summed E-state index contributed by atoms with van der Waals surface area (Å²) in [5, 5.41) is 27.0. The first kappa shape index (κ1) is 18.5. The highest BCUT2D eigenvalue weighted by Crippen LogP contribution is 2.29. The molecule has 4 rings (SSSR count). The molecule has 2 aliphatic rings. The zero-order valence-electron chi connectivity index (χ0n) is 15.8. The van der Waals surface area contributed by atoms with E-state index in [-0.39, 0.29) is 17.9 Å². The molecular formula is C21H25N5O2. The summed E-state index contributed by atoms with van der Waals surface area (Å²) >= 11 is 0. The number of rotatable bonds is 5. The van der Waals surface area contributed by atoms with Crippen LogP contribution in [0.4, 0.5) is 5.69 Å². The highest BCUT2D eigenvalue weighted by atomic mass is 16.3. The monoisotopic (exact) mass is 379 g/mol. The van der Waals surface area contributed by atoms with Gasteiger partial charge in [-0.1, -0.05) is 0 Å². The molecule has 1 unspecified atom stereocenters. The maximum atomic E-state index is 12.7. The van der Waals surface area contributed by atoms with E-state index in [1.807, 2.05) is 23.0 Å². The first-order valence-electron chi connectivity index (χ1n) is 9.89. The molecule has 1 amide bonds. The lowest BCUT2D eigenvalue weighted by atomic mass is 10.1. The zero-order chi connectivity index (χ0) is 19.5. The molecule has 2 N–H and O–H groups in total. The number of nitriles is 1. The van der Waals surface area contributed by atoms with Gasteiger partial charge in [-0.05, 0) is 55.9 Å². The number of hydrogen-bond donors (Lipinski definition) is 2. The van der Waals surface area contributed by atoms with Gasteiger partial charge in [-0.15, -0.1) is 0 Å². The number of carbonyl (C=O) groups excluding carboxylic acids is 1. The minimum atomic E-state index is -0.566. The summed E-state index contributed by atoms with van der Waals surface area (Å²) in [6.45, 7) is 2.64. The van der Waals surface area contributed by atoms with Crippen LogP contribution in [0.25, 0.3) is 0 Å². The predicted octanol–water partition coefficient (Wildman–Crippen LogP) is 1.92. The molecule has 28 heavy (non-hydrogen) atoms. The first-order valence-corrected chi connectivity index (χ1v) is 9.89. The molecule has 146 valence electrons. The van der Waals surface area contributed by atoms with Crippen molar-refractivity contribution in [1.82, 2.24) is 15.1 Å². The molecule has 2 fully saturated rings. The van der Waals surface area contributed by atoms with Crippen LogP contribution >= 0.6 is 0 Å². The fraction of sp³-hybridized carbons (Fsp3) is 0.476. The lowest BCUT2D eigenvalue weighted by molar-refractivity contribution is 0.0872. The molecule has 1 aliphatic heterocycles. The van der Waals surface area contributed by atoms with Gasteiger partial charge < -0.3 is 15.3 Å². The quantitative estimate of drug-likeness (QED) is 0.828. The Morgan fingerprint density at radius 1 is 1.32 bits per heavy atom. The molecule has 0 radical (unpaired) electrons. The van der Waals surface area contributed by atoms with E-state index >= 15 is 0 Å².